The summed E-state index contributed by atoms with van der Waals surface area (Å²) in [6.07, 6.45) is 1.04. The third kappa shape index (κ3) is 3.68. The molecule has 0 aliphatic rings. The Hall–Kier alpha value is -0.700. The minimum Gasteiger partial charge on any atom is -0.397 e. The smallest absolute Gasteiger partial charge is 0.272 e. The molecule has 0 bridgehead atoms. The van der Waals surface area contributed by atoms with Crippen molar-refractivity contribution in [1.29, 1.82) is 0 Å². The van der Waals surface area contributed by atoms with E-state index in [4.69, 9.17) is 0 Å². The maximum Gasteiger partial charge on any atom is 0.272 e. The Morgan fingerprint density at radius 2 is 1.92 bits per heavy atom. The van der Waals surface area contributed by atoms with Gasteiger partial charge < -0.3 is 4.18 Å². The molecule has 0 radical (unpaired) electrons. The minimum absolute atomic E-state index is 0.126. The molecule has 0 saturated carbocycles. The number of halogens is 1. The number of hydrogen-bond donors (Lipinski definition) is 0. The van der Waals surface area contributed by atoms with Crippen LogP contribution in [0.2, 0.25) is 0 Å². The van der Waals surface area contributed by atoms with Crippen molar-refractivity contribution in [3.63, 3.8) is 0 Å². The van der Waals surface area contributed by atoms with Crippen LogP contribution in [0.25, 0.3) is 0 Å². The quantitative estimate of drug-likeness (QED) is 0.684. The van der Waals surface area contributed by atoms with Crippen LogP contribution in [0.4, 0.5) is 3.89 Å². The second-order valence-corrected chi connectivity index (χ2v) is 3.68. The molecule has 1 aromatic carbocycles. The molecule has 13 heavy (non-hydrogen) atoms. The average Bonchev–Trinajstić information content (AvgIpc) is 2.08. The Balaban J connectivity index is 2.59. The van der Waals surface area contributed by atoms with Gasteiger partial charge in [0.15, 0.2) is 0 Å². The molecule has 0 heterocycles. The zero-order chi connectivity index (χ0) is 9.68. The lowest BCUT2D eigenvalue weighted by atomic mass is 10.0. The summed E-state index contributed by atoms with van der Waals surface area (Å²) in [5.41, 5.74) is 1.26. The molecular weight excluding hydrogens is 187 g/mol. The number of hydrogen-bond acceptors (Lipinski definition) is 2. The molecule has 0 unspecified atom stereocenters. The van der Waals surface area contributed by atoms with Crippen LogP contribution in [0.1, 0.15) is 19.4 Å². The highest BCUT2D eigenvalue weighted by Crippen LogP contribution is 2.18. The molecule has 0 saturated heterocycles. The van der Waals surface area contributed by atoms with Crippen molar-refractivity contribution in [2.45, 2.75) is 20.3 Å². The highest BCUT2D eigenvalue weighted by atomic mass is 32.2. The molecular formula is C10H13FOS. The zero-order valence-corrected chi connectivity index (χ0v) is 8.60. The third-order valence-electron chi connectivity index (χ3n) is 1.70. The fraction of sp³-hybridized carbons (Fsp3) is 0.400. The normalized spacial score (nSPS) is 10.5. The van der Waals surface area contributed by atoms with Crippen LogP contribution in [0, 0.1) is 5.92 Å². The van der Waals surface area contributed by atoms with Crippen molar-refractivity contribution in [2.24, 2.45) is 5.92 Å². The average molecular weight is 200 g/mol. The summed E-state index contributed by atoms with van der Waals surface area (Å²) in [4.78, 5) is 0. The molecule has 1 aromatic rings. The molecule has 0 amide bonds. The summed E-state index contributed by atoms with van der Waals surface area (Å²) >= 11 is -0.126. The van der Waals surface area contributed by atoms with Gasteiger partial charge in [0.1, 0.15) is 5.75 Å². The molecule has 0 atom stereocenters. The fourth-order valence-electron chi connectivity index (χ4n) is 1.19. The third-order valence-corrected chi connectivity index (χ3v) is 1.95. The van der Waals surface area contributed by atoms with Gasteiger partial charge >= 0.3 is 0 Å². The monoisotopic (exact) mass is 200 g/mol. The summed E-state index contributed by atoms with van der Waals surface area (Å²) in [5, 5.41) is 0. The van der Waals surface area contributed by atoms with Gasteiger partial charge in [-0.2, -0.15) is 0 Å². The van der Waals surface area contributed by atoms with Crippen LogP contribution in [0.15, 0.2) is 24.3 Å². The van der Waals surface area contributed by atoms with E-state index in [9.17, 15) is 3.89 Å². The Morgan fingerprint density at radius 1 is 1.31 bits per heavy atom. The number of benzene rings is 1. The molecule has 72 valence electrons. The maximum absolute atomic E-state index is 11.7. The lowest BCUT2D eigenvalue weighted by Gasteiger charge is -2.05. The van der Waals surface area contributed by atoms with Crippen LogP contribution in [0.3, 0.4) is 0 Å². The Labute approximate surface area is 82.8 Å². The topological polar surface area (TPSA) is 9.23 Å². The van der Waals surface area contributed by atoms with Crippen LogP contribution >= 0.6 is 12.4 Å². The van der Waals surface area contributed by atoms with Crippen LogP contribution < -0.4 is 4.18 Å². The van der Waals surface area contributed by atoms with E-state index < -0.39 is 0 Å². The van der Waals surface area contributed by atoms with Crippen LogP contribution in [-0.2, 0) is 6.42 Å². The Morgan fingerprint density at radius 3 is 2.38 bits per heavy atom. The molecule has 0 aliphatic carbocycles. The van der Waals surface area contributed by atoms with E-state index in [1.54, 1.807) is 12.1 Å². The van der Waals surface area contributed by atoms with E-state index in [0.717, 1.165) is 6.42 Å². The van der Waals surface area contributed by atoms with Gasteiger partial charge in [0.25, 0.3) is 12.4 Å². The Kier molecular flexibility index (Phi) is 4.09. The summed E-state index contributed by atoms with van der Waals surface area (Å²) in [6.45, 7) is 4.34. The van der Waals surface area contributed by atoms with E-state index in [1.807, 2.05) is 12.1 Å². The largest absolute Gasteiger partial charge is 0.397 e. The van der Waals surface area contributed by atoms with E-state index >= 15 is 0 Å². The highest BCUT2D eigenvalue weighted by molar-refractivity contribution is 7.89. The van der Waals surface area contributed by atoms with E-state index in [1.165, 1.54) is 5.56 Å². The van der Waals surface area contributed by atoms with Gasteiger partial charge in [-0.3, -0.25) is 0 Å². The van der Waals surface area contributed by atoms with Crippen molar-refractivity contribution in [3.05, 3.63) is 29.8 Å². The van der Waals surface area contributed by atoms with E-state index in [0.29, 0.717) is 11.7 Å². The molecule has 0 N–H and O–H groups in total. The van der Waals surface area contributed by atoms with E-state index in [-0.39, 0.29) is 12.4 Å². The van der Waals surface area contributed by atoms with Gasteiger partial charge in [0.05, 0.1) is 0 Å². The molecule has 1 nitrogen and oxygen atoms in total. The molecule has 1 rings (SSSR count). The molecule has 0 aromatic heterocycles. The maximum atomic E-state index is 11.7. The molecule has 0 fully saturated rings. The summed E-state index contributed by atoms with van der Waals surface area (Å²) < 4.78 is 16.3. The second-order valence-electron chi connectivity index (χ2n) is 3.39. The van der Waals surface area contributed by atoms with Gasteiger partial charge in [0, 0.05) is 0 Å². The van der Waals surface area contributed by atoms with Crippen molar-refractivity contribution >= 4 is 12.4 Å². The first-order valence-corrected chi connectivity index (χ1v) is 4.90. The molecule has 0 aliphatic heterocycles. The van der Waals surface area contributed by atoms with Gasteiger partial charge in [-0.25, -0.2) is 0 Å². The fourth-order valence-corrected chi connectivity index (χ4v) is 1.37. The minimum atomic E-state index is -0.126. The van der Waals surface area contributed by atoms with E-state index in [2.05, 4.69) is 18.0 Å². The van der Waals surface area contributed by atoms with Gasteiger partial charge in [-0.15, -0.1) is 3.89 Å². The van der Waals surface area contributed by atoms with Crippen molar-refractivity contribution < 1.29 is 8.07 Å². The van der Waals surface area contributed by atoms with Crippen molar-refractivity contribution in [3.8, 4) is 5.75 Å². The lowest BCUT2D eigenvalue weighted by molar-refractivity contribution is 0.608. The van der Waals surface area contributed by atoms with Crippen LogP contribution in [0.5, 0.6) is 5.75 Å². The van der Waals surface area contributed by atoms with Gasteiger partial charge in [0.2, 0.25) is 0 Å². The first kappa shape index (κ1) is 10.4. The first-order valence-electron chi connectivity index (χ1n) is 4.26. The SMILES string of the molecule is CC(C)Cc1ccc(OSF)cc1. The predicted octanol–water partition coefficient (Wildman–Crippen LogP) is 3.80. The van der Waals surface area contributed by atoms with Crippen LogP contribution in [-0.4, -0.2) is 0 Å². The Bertz CT molecular complexity index is 246. The first-order chi connectivity index (χ1) is 6.22. The summed E-state index contributed by atoms with van der Waals surface area (Å²) in [6, 6.07) is 7.49. The zero-order valence-electron chi connectivity index (χ0n) is 7.79. The molecule has 0 spiro atoms. The summed E-state index contributed by atoms with van der Waals surface area (Å²) in [5.74, 6) is 1.20. The second kappa shape index (κ2) is 5.12. The van der Waals surface area contributed by atoms with Crippen molar-refractivity contribution in [2.75, 3.05) is 0 Å². The van der Waals surface area contributed by atoms with Crippen molar-refractivity contribution in [1.82, 2.24) is 0 Å². The standard InChI is InChI=1S/C10H13FOS/c1-8(2)7-9-3-5-10(6-4-9)12-13-11/h3-6,8H,7H2,1-2H3. The number of rotatable bonds is 4. The predicted molar refractivity (Wildman–Crippen MR) is 54.3 cm³/mol. The molecule has 3 heteroatoms. The summed E-state index contributed by atoms with van der Waals surface area (Å²) in [7, 11) is 0. The highest BCUT2D eigenvalue weighted by Gasteiger charge is 1.98. The van der Waals surface area contributed by atoms with Gasteiger partial charge in [-0.05, 0) is 30.0 Å². The van der Waals surface area contributed by atoms with Gasteiger partial charge in [-0.1, -0.05) is 26.0 Å². The lowest BCUT2D eigenvalue weighted by Crippen LogP contribution is -1.93.